The average Bonchev–Trinajstić information content (AvgIpc) is 2.75. The zero-order valence-electron chi connectivity index (χ0n) is 15.9. The maximum atomic E-state index is 12.6. The number of benzene rings is 3. The summed E-state index contributed by atoms with van der Waals surface area (Å²) < 4.78 is 5.22. The highest BCUT2D eigenvalue weighted by atomic mass is 35.5. The monoisotopic (exact) mass is 408 g/mol. The summed E-state index contributed by atoms with van der Waals surface area (Å²) in [5.41, 5.74) is 2.30. The Labute approximate surface area is 174 Å². The van der Waals surface area contributed by atoms with E-state index in [0.29, 0.717) is 34.1 Å². The summed E-state index contributed by atoms with van der Waals surface area (Å²) in [6.07, 6.45) is 0.734. The fourth-order valence-electron chi connectivity index (χ4n) is 2.85. The largest absolute Gasteiger partial charge is 0.496 e. The van der Waals surface area contributed by atoms with Crippen LogP contribution in [0.4, 0.5) is 5.69 Å². The summed E-state index contributed by atoms with van der Waals surface area (Å²) in [6, 6.07) is 21.6. The van der Waals surface area contributed by atoms with Crippen molar-refractivity contribution in [3.05, 3.63) is 94.5 Å². The number of anilines is 1. The minimum atomic E-state index is -0.369. The number of nitrogens with one attached hydrogen (secondary N) is 2. The minimum Gasteiger partial charge on any atom is -0.496 e. The van der Waals surface area contributed by atoms with E-state index < -0.39 is 0 Å². The van der Waals surface area contributed by atoms with Gasteiger partial charge in [0.2, 0.25) is 0 Å². The molecule has 0 atom stereocenters. The Hall–Kier alpha value is -3.31. The molecular weight excluding hydrogens is 388 g/mol. The predicted molar refractivity (Wildman–Crippen MR) is 115 cm³/mol. The van der Waals surface area contributed by atoms with Gasteiger partial charge in [-0.05, 0) is 42.3 Å². The molecule has 0 unspecified atom stereocenters. The first kappa shape index (κ1) is 20.4. The minimum absolute atomic E-state index is 0.231. The molecular formula is C23H21ClN2O3. The number of para-hydroxylation sites is 1. The van der Waals surface area contributed by atoms with E-state index in [-0.39, 0.29) is 11.8 Å². The summed E-state index contributed by atoms with van der Waals surface area (Å²) in [6.45, 7) is 0.508. The number of methoxy groups -OCH3 is 1. The Balaban J connectivity index is 1.67. The van der Waals surface area contributed by atoms with Crippen LogP contribution in [0.5, 0.6) is 5.75 Å². The second-order valence-electron chi connectivity index (χ2n) is 6.34. The van der Waals surface area contributed by atoms with E-state index in [1.54, 1.807) is 42.5 Å². The number of halogens is 1. The summed E-state index contributed by atoms with van der Waals surface area (Å²) >= 11 is 6.21. The molecule has 0 bridgehead atoms. The van der Waals surface area contributed by atoms with E-state index in [0.717, 1.165) is 12.0 Å². The van der Waals surface area contributed by atoms with Crippen molar-refractivity contribution in [1.29, 1.82) is 0 Å². The van der Waals surface area contributed by atoms with Gasteiger partial charge >= 0.3 is 0 Å². The van der Waals surface area contributed by atoms with Gasteiger partial charge in [0.25, 0.3) is 11.8 Å². The summed E-state index contributed by atoms with van der Waals surface area (Å²) in [7, 11) is 1.50. The fourth-order valence-corrected chi connectivity index (χ4v) is 3.02. The van der Waals surface area contributed by atoms with Crippen molar-refractivity contribution in [3.8, 4) is 5.75 Å². The third-order valence-electron chi connectivity index (χ3n) is 4.37. The molecule has 0 saturated heterocycles. The topological polar surface area (TPSA) is 67.4 Å². The van der Waals surface area contributed by atoms with Crippen LogP contribution in [0.25, 0.3) is 0 Å². The van der Waals surface area contributed by atoms with Crippen molar-refractivity contribution in [3.63, 3.8) is 0 Å². The van der Waals surface area contributed by atoms with Gasteiger partial charge in [0.15, 0.2) is 0 Å². The molecule has 29 heavy (non-hydrogen) atoms. The Morgan fingerprint density at radius 3 is 2.41 bits per heavy atom. The molecule has 148 valence electrons. The van der Waals surface area contributed by atoms with Gasteiger partial charge in [-0.1, -0.05) is 54.1 Å². The second kappa shape index (κ2) is 9.75. The SMILES string of the molecule is COc1ccccc1C(=O)Nc1cc(C(=O)NCCc2ccccc2)ccc1Cl. The molecule has 3 aromatic carbocycles. The van der Waals surface area contributed by atoms with E-state index in [4.69, 9.17) is 16.3 Å². The Bertz CT molecular complexity index is 1010. The van der Waals surface area contributed by atoms with Crippen LogP contribution in [0.1, 0.15) is 26.3 Å². The highest BCUT2D eigenvalue weighted by molar-refractivity contribution is 6.34. The molecule has 0 aliphatic heterocycles. The Kier molecular flexibility index (Phi) is 6.87. The smallest absolute Gasteiger partial charge is 0.259 e. The summed E-state index contributed by atoms with van der Waals surface area (Å²) in [5.74, 6) is -0.146. The third-order valence-corrected chi connectivity index (χ3v) is 4.70. The van der Waals surface area contributed by atoms with Gasteiger partial charge in [0.1, 0.15) is 5.75 Å². The van der Waals surface area contributed by atoms with Crippen LogP contribution in [-0.2, 0) is 6.42 Å². The number of rotatable bonds is 7. The lowest BCUT2D eigenvalue weighted by Gasteiger charge is -2.12. The van der Waals surface area contributed by atoms with Crippen LogP contribution >= 0.6 is 11.6 Å². The zero-order chi connectivity index (χ0) is 20.6. The van der Waals surface area contributed by atoms with Crippen LogP contribution in [0.3, 0.4) is 0 Å². The van der Waals surface area contributed by atoms with Gasteiger partial charge in [0, 0.05) is 12.1 Å². The van der Waals surface area contributed by atoms with Crippen LogP contribution in [0, 0.1) is 0 Å². The quantitative estimate of drug-likeness (QED) is 0.601. The fraction of sp³-hybridized carbons (Fsp3) is 0.130. The standard InChI is InChI=1S/C23H21ClN2O3/c1-29-21-10-6-5-9-18(21)23(28)26-20-15-17(11-12-19(20)24)22(27)25-14-13-16-7-3-2-4-8-16/h2-12,15H,13-14H2,1H3,(H,25,27)(H,26,28). The van der Waals surface area contributed by atoms with Crippen LogP contribution in [-0.4, -0.2) is 25.5 Å². The zero-order valence-corrected chi connectivity index (χ0v) is 16.7. The average molecular weight is 409 g/mol. The number of ether oxygens (including phenoxy) is 1. The van der Waals surface area contributed by atoms with Crippen molar-refractivity contribution in [2.24, 2.45) is 0 Å². The predicted octanol–water partition coefficient (Wildman–Crippen LogP) is 4.57. The molecule has 0 saturated carbocycles. The molecule has 6 heteroatoms. The van der Waals surface area contributed by atoms with Crippen molar-refractivity contribution in [2.75, 3.05) is 19.0 Å². The van der Waals surface area contributed by atoms with Gasteiger partial charge in [-0.2, -0.15) is 0 Å². The Morgan fingerprint density at radius 1 is 0.931 bits per heavy atom. The van der Waals surface area contributed by atoms with Crippen molar-refractivity contribution < 1.29 is 14.3 Å². The third kappa shape index (κ3) is 5.36. The summed E-state index contributed by atoms with van der Waals surface area (Å²) in [4.78, 5) is 25.1. The molecule has 0 radical (unpaired) electrons. The number of carbonyl (C=O) groups excluding carboxylic acids is 2. The van der Waals surface area contributed by atoms with Crippen LogP contribution < -0.4 is 15.4 Å². The highest BCUT2D eigenvalue weighted by Crippen LogP contribution is 2.25. The van der Waals surface area contributed by atoms with E-state index in [1.807, 2.05) is 30.3 Å². The first-order valence-electron chi connectivity index (χ1n) is 9.14. The number of hydrogen-bond donors (Lipinski definition) is 2. The molecule has 0 aliphatic rings. The van der Waals surface area contributed by atoms with Crippen molar-refractivity contribution in [1.82, 2.24) is 5.32 Å². The maximum absolute atomic E-state index is 12.6. The lowest BCUT2D eigenvalue weighted by molar-refractivity contribution is 0.0952. The number of amides is 2. The van der Waals surface area contributed by atoms with Gasteiger partial charge in [-0.25, -0.2) is 0 Å². The molecule has 3 rings (SSSR count). The van der Waals surface area contributed by atoms with Gasteiger partial charge in [-0.15, -0.1) is 0 Å². The van der Waals surface area contributed by atoms with Gasteiger partial charge < -0.3 is 15.4 Å². The van der Waals surface area contributed by atoms with E-state index in [2.05, 4.69) is 10.6 Å². The van der Waals surface area contributed by atoms with Crippen LogP contribution in [0.2, 0.25) is 5.02 Å². The second-order valence-corrected chi connectivity index (χ2v) is 6.75. The highest BCUT2D eigenvalue weighted by Gasteiger charge is 2.15. The molecule has 3 aromatic rings. The first-order chi connectivity index (χ1) is 14.1. The van der Waals surface area contributed by atoms with Crippen LogP contribution in [0.15, 0.2) is 72.8 Å². The molecule has 2 amide bonds. The summed E-state index contributed by atoms with van der Waals surface area (Å²) in [5, 5.41) is 5.97. The van der Waals surface area contributed by atoms with E-state index >= 15 is 0 Å². The number of carbonyl (C=O) groups is 2. The first-order valence-corrected chi connectivity index (χ1v) is 9.52. The van der Waals surface area contributed by atoms with E-state index in [9.17, 15) is 9.59 Å². The van der Waals surface area contributed by atoms with Gasteiger partial charge in [0.05, 0.1) is 23.4 Å². The molecule has 0 aromatic heterocycles. The maximum Gasteiger partial charge on any atom is 0.259 e. The molecule has 0 aliphatic carbocycles. The normalized spacial score (nSPS) is 10.3. The van der Waals surface area contributed by atoms with Gasteiger partial charge in [-0.3, -0.25) is 9.59 Å². The lowest BCUT2D eigenvalue weighted by Crippen LogP contribution is -2.25. The Morgan fingerprint density at radius 2 is 1.66 bits per heavy atom. The molecule has 5 nitrogen and oxygen atoms in total. The van der Waals surface area contributed by atoms with Crippen molar-refractivity contribution in [2.45, 2.75) is 6.42 Å². The number of hydrogen-bond acceptors (Lipinski definition) is 3. The molecule has 0 heterocycles. The molecule has 2 N–H and O–H groups in total. The molecule has 0 spiro atoms. The van der Waals surface area contributed by atoms with Crippen molar-refractivity contribution >= 4 is 29.1 Å². The van der Waals surface area contributed by atoms with E-state index in [1.165, 1.54) is 7.11 Å². The molecule has 0 fully saturated rings. The lowest BCUT2D eigenvalue weighted by atomic mass is 10.1.